The van der Waals surface area contributed by atoms with E-state index in [-0.39, 0.29) is 57.8 Å². The largest absolute Gasteiger partial charge is 0.508 e. The van der Waals surface area contributed by atoms with E-state index >= 15 is 0 Å². The molecule has 9 heterocycles. The maximum atomic E-state index is 14.3. The Morgan fingerprint density at radius 2 is 0.531 bits per heavy atom. The molecule has 0 aliphatic carbocycles. The second kappa shape index (κ2) is 33.7. The summed E-state index contributed by atoms with van der Waals surface area (Å²) in [6, 6.07) is 124. The van der Waals surface area contributed by atoms with E-state index in [0.717, 1.165) is 90.8 Å². The Balaban J connectivity index is 0.000000119. The number of hydrogen-bond donors (Lipinski definition) is 2. The predicted octanol–water partition coefficient (Wildman–Crippen LogP) is 30.7. The van der Waals surface area contributed by atoms with E-state index in [4.69, 9.17) is 29.2 Å². The highest BCUT2D eigenvalue weighted by molar-refractivity contribution is 7.02. The summed E-state index contributed by atoms with van der Waals surface area (Å²) >= 11 is 0. The molecule has 0 unspecified atom stereocenters. The first-order chi connectivity index (χ1) is 69.6. The topological polar surface area (TPSA) is 102 Å². The number of nitrogens with zero attached hydrogens (tertiary/aromatic N) is 5. The second-order valence-electron chi connectivity index (χ2n) is 44.9. The molecule has 0 bridgehead atoms. The van der Waals surface area contributed by atoms with E-state index in [0.29, 0.717) is 5.56 Å². The molecular weight excluding hydrogens is 1780 g/mol. The van der Waals surface area contributed by atoms with Gasteiger partial charge in [0.25, 0.3) is 13.4 Å². The van der Waals surface area contributed by atoms with Gasteiger partial charge >= 0.3 is 0 Å². The van der Waals surface area contributed by atoms with Crippen LogP contribution in [0.3, 0.4) is 0 Å². The van der Waals surface area contributed by atoms with E-state index in [9.17, 15) is 4.39 Å². The van der Waals surface area contributed by atoms with Gasteiger partial charge in [-0.1, -0.05) is 304 Å². The fourth-order valence-electron chi connectivity index (χ4n) is 22.8. The fourth-order valence-corrected chi connectivity index (χ4v) is 22.8. The number of halogens is 1. The molecule has 18 aromatic carbocycles. The van der Waals surface area contributed by atoms with Crippen LogP contribution in [-0.2, 0) is 27.1 Å². The second-order valence-corrected chi connectivity index (χ2v) is 44.9. The highest BCUT2D eigenvalue weighted by Gasteiger charge is 2.48. The third-order valence-electron chi connectivity index (χ3n) is 30.4. The lowest BCUT2D eigenvalue weighted by atomic mass is 9.31. The summed E-state index contributed by atoms with van der Waals surface area (Å²) in [5.74, 6) is 6.88. The van der Waals surface area contributed by atoms with Crippen LogP contribution in [0.1, 0.15) is 148 Å². The number of rotatable bonds is 7. The summed E-state index contributed by atoms with van der Waals surface area (Å²) in [7, 11) is 0. The molecule has 0 saturated carbocycles. The van der Waals surface area contributed by atoms with Gasteiger partial charge in [0.1, 0.15) is 63.3 Å². The zero-order chi connectivity index (χ0) is 100. The number of hydrogen-bond acceptors (Lipinski definition) is 6. The Labute approximate surface area is 845 Å². The van der Waals surface area contributed by atoms with E-state index in [1.807, 2.05) is 42.5 Å². The van der Waals surface area contributed by atoms with Crippen molar-refractivity contribution in [2.45, 2.75) is 152 Å². The average Bonchev–Trinajstić information content (AvgIpc) is 1.49. The maximum absolute atomic E-state index is 14.3. The molecule has 0 amide bonds. The van der Waals surface area contributed by atoms with Gasteiger partial charge in [0.15, 0.2) is 0 Å². The van der Waals surface area contributed by atoms with E-state index in [1.54, 1.807) is 25.1 Å². The van der Waals surface area contributed by atoms with Crippen LogP contribution in [0.5, 0.6) is 57.5 Å². The lowest BCUT2D eigenvalue weighted by Gasteiger charge is -2.39. The number of phenols is 2. The van der Waals surface area contributed by atoms with Crippen LogP contribution in [-0.4, -0.2) is 46.5 Å². The zero-order valence-electron chi connectivity index (χ0n) is 85.3. The van der Waals surface area contributed by atoms with Crippen LogP contribution in [0.2, 0.25) is 0 Å². The van der Waals surface area contributed by atoms with Gasteiger partial charge in [-0.2, -0.15) is 0 Å². The first-order valence-corrected chi connectivity index (χ1v) is 50.5. The Bertz CT molecular complexity index is 8750. The third-order valence-corrected chi connectivity index (χ3v) is 30.4. The lowest BCUT2D eigenvalue weighted by Crippen LogP contribution is -2.62. The van der Waals surface area contributed by atoms with Gasteiger partial charge in [0.05, 0.1) is 55.5 Å². The van der Waals surface area contributed by atoms with Crippen molar-refractivity contribution < 1.29 is 33.6 Å². The van der Waals surface area contributed by atoms with Crippen LogP contribution < -0.4 is 51.7 Å². The predicted molar refractivity (Wildman–Crippen MR) is 604 cm³/mol. The minimum Gasteiger partial charge on any atom is -0.508 e. The van der Waals surface area contributed by atoms with Gasteiger partial charge in [0, 0.05) is 111 Å². The molecule has 0 fully saturated rings. The van der Waals surface area contributed by atoms with Crippen molar-refractivity contribution in [2.24, 2.45) is 0 Å². The minimum absolute atomic E-state index is 0.00718. The zero-order valence-corrected chi connectivity index (χ0v) is 85.3. The molecule has 14 heteroatoms. The molecule has 23 aromatic rings. The summed E-state index contributed by atoms with van der Waals surface area (Å²) in [6.07, 6.45) is 0. The standard InChI is InChI=1S/C51H40B2N2O2.C51H46N2O2.C22H20FN.C7H8O2/c1-27-48-36(52-34-18-12-16-32-30-14-8-10-20-38(30)54(46(32)34)40-22-28(50(2,3)4)24-42(56-48)44(40)52)26-37-49(27)57-43-25-29(51(5,6)7)23-41-45(43)53(37)35-19-13-17-33-31-15-9-11-21-39(31)55(41)47(33)35;1-33-48(54-38-29-34(50(2,3)4)27-36(31-38)52-44-21-12-8-17-40(44)41-18-9-13-22-45(41)52)25-16-26-49(33)55-39-30-35(51(5,6)7)28-37(32-39)53-46-23-14-10-19-42(46)43-20-11-15-24-47(43)53;1-22(2,3)15-12-16(23)14-17(13-15)24-20-10-6-4-8-18(20)19-9-5-7-11-21(19)24;1-5-6(8)3-2-4-7(5)9/h8-26H,1-7H3;8-32H,1-7H3;4-14H,1-3H3;2-4,8-9H,1H3. The van der Waals surface area contributed by atoms with Crippen LogP contribution >= 0.6 is 0 Å². The van der Waals surface area contributed by atoms with E-state index in [1.165, 1.54) is 177 Å². The van der Waals surface area contributed by atoms with Crippen molar-refractivity contribution >= 4 is 155 Å². The molecule has 0 atom stereocenters. The van der Waals surface area contributed by atoms with Gasteiger partial charge in [-0.05, 0) is 248 Å². The van der Waals surface area contributed by atoms with Gasteiger partial charge in [-0.25, -0.2) is 4.39 Å². The normalized spacial score (nSPS) is 12.9. The number of aromatic hydroxyl groups is 2. The number of fused-ring (bicyclic) bond motifs is 23. The number of aromatic nitrogens is 5. The van der Waals surface area contributed by atoms with Crippen molar-refractivity contribution in [3.05, 3.63) is 402 Å². The Morgan fingerprint density at radius 1 is 0.255 bits per heavy atom. The molecule has 5 aromatic heterocycles. The molecule has 27 rings (SSSR count). The highest BCUT2D eigenvalue weighted by atomic mass is 19.1. The van der Waals surface area contributed by atoms with Crippen molar-refractivity contribution in [2.75, 3.05) is 0 Å². The molecular formula is C131H114B2FN5O6. The molecule has 4 aliphatic heterocycles. The summed E-state index contributed by atoms with van der Waals surface area (Å²) in [5.41, 5.74) is 32.9. The van der Waals surface area contributed by atoms with Crippen molar-refractivity contribution in [3.8, 4) is 85.9 Å². The van der Waals surface area contributed by atoms with Crippen molar-refractivity contribution in [1.29, 1.82) is 0 Å². The quantitative estimate of drug-likeness (QED) is 0.154. The number of benzene rings is 18. The molecule has 11 nitrogen and oxygen atoms in total. The van der Waals surface area contributed by atoms with Crippen LogP contribution in [0, 0.1) is 26.6 Å². The third kappa shape index (κ3) is 15.1. The first kappa shape index (κ1) is 91.3. The lowest BCUT2D eigenvalue weighted by molar-refractivity contribution is 0.443. The van der Waals surface area contributed by atoms with Crippen molar-refractivity contribution in [1.82, 2.24) is 22.8 Å². The van der Waals surface area contributed by atoms with E-state index in [2.05, 4.69) is 420 Å². The number of para-hydroxylation sites is 10. The molecule has 0 saturated heterocycles. The van der Waals surface area contributed by atoms with Gasteiger partial charge < -0.3 is 52.0 Å². The van der Waals surface area contributed by atoms with Crippen molar-refractivity contribution in [3.63, 3.8) is 0 Å². The first-order valence-electron chi connectivity index (χ1n) is 50.5. The molecule has 145 heavy (non-hydrogen) atoms. The number of ether oxygens (including phenoxy) is 4. The molecule has 2 N–H and O–H groups in total. The van der Waals surface area contributed by atoms with Crippen LogP contribution in [0.4, 0.5) is 4.39 Å². The molecule has 0 radical (unpaired) electrons. The average molecular weight is 1900 g/mol. The monoisotopic (exact) mass is 1890 g/mol. The molecule has 712 valence electrons. The molecule has 4 aliphatic rings. The van der Waals surface area contributed by atoms with Gasteiger partial charge in [-0.15, -0.1) is 0 Å². The Kier molecular flexibility index (Phi) is 21.3. The summed E-state index contributed by atoms with van der Waals surface area (Å²) in [5, 5.41) is 30.4. The Morgan fingerprint density at radius 3 is 0.855 bits per heavy atom. The summed E-state index contributed by atoms with van der Waals surface area (Å²) in [6.45, 7) is 39.6. The SMILES string of the molecule is CC(C)(C)c1cc(F)cc(-n2c3ccccc3c3ccccc32)c1.Cc1c(O)cccc1O.Cc1c(Oc2cc(-n3c4ccccc4c4ccccc43)cc(C(C)(C)C)c2)cccc1Oc1cc(-n2c3ccccc3c3ccccc32)cc(C(C)(C)C)c1.Cc1c2c(cc3c1Oc1cc(C(C)(C)C)cc4c1B3c1cccc3c5ccccc5n-4c13)B1c3c(cc(C(C)(C)C)cc3-n3c4ccccc4c4cccc1c43)O2. The summed E-state index contributed by atoms with van der Waals surface area (Å²) < 4.78 is 54.5. The van der Waals surface area contributed by atoms with Crippen LogP contribution in [0.15, 0.2) is 352 Å². The fraction of sp³-hybridized carbons (Fsp3) is 0.176. The minimum atomic E-state index is -0.195. The molecule has 0 spiro atoms. The maximum Gasteiger partial charge on any atom is 0.256 e. The smallest absolute Gasteiger partial charge is 0.256 e. The number of phenolic OH excluding ortho intramolecular Hbond substituents is 2. The summed E-state index contributed by atoms with van der Waals surface area (Å²) in [4.78, 5) is 0. The van der Waals surface area contributed by atoms with Gasteiger partial charge in [-0.3, -0.25) is 0 Å². The highest BCUT2D eigenvalue weighted by Crippen LogP contribution is 2.49. The Hall–Kier alpha value is -16.2. The van der Waals surface area contributed by atoms with Crippen LogP contribution in [0.25, 0.3) is 137 Å². The van der Waals surface area contributed by atoms with E-state index < -0.39 is 0 Å². The van der Waals surface area contributed by atoms with Gasteiger partial charge in [0.2, 0.25) is 0 Å².